The van der Waals surface area contributed by atoms with Crippen LogP contribution in [0.4, 0.5) is 5.69 Å². The fraction of sp³-hybridized carbons (Fsp3) is 0.267. The van der Waals surface area contributed by atoms with Crippen molar-refractivity contribution in [1.82, 2.24) is 9.97 Å². The lowest BCUT2D eigenvalue weighted by Gasteiger charge is -2.25. The van der Waals surface area contributed by atoms with Crippen molar-refractivity contribution in [2.24, 2.45) is 0 Å². The fourth-order valence-corrected chi connectivity index (χ4v) is 4.08. The molecule has 4 aromatic rings. The van der Waals surface area contributed by atoms with Crippen molar-refractivity contribution < 1.29 is 0 Å². The van der Waals surface area contributed by atoms with E-state index in [0.717, 1.165) is 46.9 Å². The molecule has 0 spiro atoms. The number of hydrogen-bond acceptors (Lipinski definition) is 3. The molecule has 0 atom stereocenters. The number of anilines is 1. The average Bonchev–Trinajstić information content (AvgIpc) is 2.90. The largest absolute Gasteiger partial charge is 0.372 e. The standard InChI is InChI=1S/C30H33N3/c1-3-5-22-33(23-6-4-2)26-17-15-24(16-18-26)27-19-20-28(25-12-8-7-9-13-25)32-30(27)29-14-10-11-21-31-29/h7-21H,3-6,22-23H2,1-2H3. The minimum absolute atomic E-state index is 0.891. The Kier molecular flexibility index (Phi) is 7.86. The quantitative estimate of drug-likeness (QED) is 0.254. The van der Waals surface area contributed by atoms with Crippen molar-refractivity contribution in [2.45, 2.75) is 39.5 Å². The number of unbranched alkanes of at least 4 members (excludes halogenated alkanes) is 2. The van der Waals surface area contributed by atoms with E-state index in [-0.39, 0.29) is 0 Å². The van der Waals surface area contributed by atoms with E-state index in [2.05, 4.69) is 72.3 Å². The molecule has 2 aromatic carbocycles. The molecule has 33 heavy (non-hydrogen) atoms. The first-order chi connectivity index (χ1) is 16.3. The van der Waals surface area contributed by atoms with Crippen molar-refractivity contribution in [1.29, 1.82) is 0 Å². The Morgan fingerprint density at radius 2 is 1.33 bits per heavy atom. The van der Waals surface area contributed by atoms with Gasteiger partial charge in [-0.2, -0.15) is 0 Å². The number of aromatic nitrogens is 2. The van der Waals surface area contributed by atoms with Crippen LogP contribution in [-0.2, 0) is 0 Å². The molecule has 0 saturated carbocycles. The first kappa shape index (κ1) is 22.7. The van der Waals surface area contributed by atoms with E-state index in [1.807, 2.05) is 42.6 Å². The van der Waals surface area contributed by atoms with Crippen LogP contribution < -0.4 is 4.90 Å². The highest BCUT2D eigenvalue weighted by atomic mass is 15.1. The Balaban J connectivity index is 1.70. The molecule has 0 aliphatic heterocycles. The summed E-state index contributed by atoms with van der Waals surface area (Å²) in [6.45, 7) is 6.74. The maximum atomic E-state index is 5.06. The van der Waals surface area contributed by atoms with E-state index in [1.54, 1.807) is 0 Å². The van der Waals surface area contributed by atoms with Gasteiger partial charge in [0, 0.05) is 36.1 Å². The summed E-state index contributed by atoms with van der Waals surface area (Å²) in [5.41, 5.74) is 7.45. The molecule has 2 aromatic heterocycles. The third-order valence-electron chi connectivity index (χ3n) is 5.98. The van der Waals surface area contributed by atoms with E-state index < -0.39 is 0 Å². The minimum Gasteiger partial charge on any atom is -0.372 e. The minimum atomic E-state index is 0.891. The van der Waals surface area contributed by atoms with Gasteiger partial charge in [-0.05, 0) is 54.8 Å². The van der Waals surface area contributed by atoms with Gasteiger partial charge >= 0.3 is 0 Å². The van der Waals surface area contributed by atoms with Crippen molar-refractivity contribution >= 4 is 5.69 Å². The predicted molar refractivity (Wildman–Crippen MR) is 140 cm³/mol. The molecule has 3 nitrogen and oxygen atoms in total. The number of pyridine rings is 2. The topological polar surface area (TPSA) is 29.0 Å². The molecule has 168 valence electrons. The van der Waals surface area contributed by atoms with Crippen LogP contribution in [0.3, 0.4) is 0 Å². The Hall–Kier alpha value is -3.46. The fourth-order valence-electron chi connectivity index (χ4n) is 4.08. The average molecular weight is 436 g/mol. The van der Waals surface area contributed by atoms with Crippen LogP contribution in [0.15, 0.2) is 91.1 Å². The van der Waals surface area contributed by atoms with Crippen LogP contribution in [0.1, 0.15) is 39.5 Å². The molecule has 0 bridgehead atoms. The van der Waals surface area contributed by atoms with Crippen molar-refractivity contribution in [3.8, 4) is 33.8 Å². The highest BCUT2D eigenvalue weighted by molar-refractivity contribution is 5.82. The van der Waals surface area contributed by atoms with E-state index in [1.165, 1.54) is 31.4 Å². The van der Waals surface area contributed by atoms with Crippen LogP contribution in [0.2, 0.25) is 0 Å². The van der Waals surface area contributed by atoms with Gasteiger partial charge in [0.2, 0.25) is 0 Å². The van der Waals surface area contributed by atoms with Crippen LogP contribution in [-0.4, -0.2) is 23.1 Å². The highest BCUT2D eigenvalue weighted by Gasteiger charge is 2.13. The molecular formula is C30H33N3. The zero-order valence-corrected chi connectivity index (χ0v) is 19.7. The number of hydrogen-bond donors (Lipinski definition) is 0. The summed E-state index contributed by atoms with van der Waals surface area (Å²) >= 11 is 0. The van der Waals surface area contributed by atoms with Crippen molar-refractivity contribution in [2.75, 3.05) is 18.0 Å². The first-order valence-corrected chi connectivity index (χ1v) is 12.1. The zero-order valence-electron chi connectivity index (χ0n) is 19.7. The van der Waals surface area contributed by atoms with E-state index in [4.69, 9.17) is 4.98 Å². The Morgan fingerprint density at radius 1 is 0.636 bits per heavy atom. The number of benzene rings is 2. The second-order valence-corrected chi connectivity index (χ2v) is 8.41. The number of rotatable bonds is 10. The van der Waals surface area contributed by atoms with Crippen molar-refractivity contribution in [3.63, 3.8) is 0 Å². The molecular weight excluding hydrogens is 402 g/mol. The second kappa shape index (κ2) is 11.4. The highest BCUT2D eigenvalue weighted by Crippen LogP contribution is 2.33. The molecule has 2 heterocycles. The van der Waals surface area contributed by atoms with Gasteiger partial charge in [-0.15, -0.1) is 0 Å². The summed E-state index contributed by atoms with van der Waals surface area (Å²) in [4.78, 5) is 12.2. The molecule has 0 aliphatic carbocycles. The van der Waals surface area contributed by atoms with Gasteiger partial charge in [0.15, 0.2) is 0 Å². The lowest BCUT2D eigenvalue weighted by atomic mass is 9.99. The molecule has 0 saturated heterocycles. The SMILES string of the molecule is CCCCN(CCCC)c1ccc(-c2ccc(-c3ccccc3)nc2-c2ccccn2)cc1. The summed E-state index contributed by atoms with van der Waals surface area (Å²) in [6.07, 6.45) is 6.71. The van der Waals surface area contributed by atoms with Gasteiger partial charge in [0.25, 0.3) is 0 Å². The monoisotopic (exact) mass is 435 g/mol. The summed E-state index contributed by atoms with van der Waals surface area (Å²) in [5.74, 6) is 0. The predicted octanol–water partition coefficient (Wildman–Crippen LogP) is 7.88. The summed E-state index contributed by atoms with van der Waals surface area (Å²) in [6, 6.07) is 29.6. The van der Waals surface area contributed by atoms with Crippen LogP contribution in [0.5, 0.6) is 0 Å². The normalized spacial score (nSPS) is 10.8. The summed E-state index contributed by atoms with van der Waals surface area (Å²) in [5, 5.41) is 0. The Bertz CT molecular complexity index is 1110. The molecule has 0 unspecified atom stereocenters. The van der Waals surface area contributed by atoms with Crippen LogP contribution in [0.25, 0.3) is 33.8 Å². The van der Waals surface area contributed by atoms with Crippen molar-refractivity contribution in [3.05, 3.63) is 91.1 Å². The van der Waals surface area contributed by atoms with Gasteiger partial charge < -0.3 is 4.90 Å². The molecule has 0 radical (unpaired) electrons. The lowest BCUT2D eigenvalue weighted by molar-refractivity contribution is 0.678. The van der Waals surface area contributed by atoms with Crippen LogP contribution in [0, 0.1) is 0 Å². The molecule has 0 amide bonds. The van der Waals surface area contributed by atoms with Crippen LogP contribution >= 0.6 is 0 Å². The Labute approximate surface area is 198 Å². The first-order valence-electron chi connectivity index (χ1n) is 12.1. The summed E-state index contributed by atoms with van der Waals surface area (Å²) < 4.78 is 0. The van der Waals surface area contributed by atoms with E-state index in [9.17, 15) is 0 Å². The van der Waals surface area contributed by atoms with E-state index in [0.29, 0.717) is 0 Å². The number of nitrogens with zero attached hydrogens (tertiary/aromatic N) is 3. The third kappa shape index (κ3) is 5.67. The molecule has 0 N–H and O–H groups in total. The van der Waals surface area contributed by atoms with Gasteiger partial charge in [0.05, 0.1) is 17.1 Å². The van der Waals surface area contributed by atoms with Gasteiger partial charge in [-0.25, -0.2) is 4.98 Å². The maximum Gasteiger partial charge on any atom is 0.0971 e. The second-order valence-electron chi connectivity index (χ2n) is 8.41. The van der Waals surface area contributed by atoms with Gasteiger partial charge in [0.1, 0.15) is 0 Å². The van der Waals surface area contributed by atoms with E-state index >= 15 is 0 Å². The van der Waals surface area contributed by atoms with Gasteiger partial charge in [-0.1, -0.05) is 75.2 Å². The lowest BCUT2D eigenvalue weighted by Crippen LogP contribution is -2.25. The van der Waals surface area contributed by atoms with Gasteiger partial charge in [-0.3, -0.25) is 4.98 Å². The maximum absolute atomic E-state index is 5.06. The summed E-state index contributed by atoms with van der Waals surface area (Å²) in [7, 11) is 0. The molecule has 3 heteroatoms. The molecule has 4 rings (SSSR count). The third-order valence-corrected chi connectivity index (χ3v) is 5.98. The Morgan fingerprint density at radius 3 is 1.97 bits per heavy atom. The zero-order chi connectivity index (χ0) is 22.9. The smallest absolute Gasteiger partial charge is 0.0971 e. The molecule has 0 aliphatic rings. The molecule has 0 fully saturated rings.